The summed E-state index contributed by atoms with van der Waals surface area (Å²) in [5.41, 5.74) is 0. The average molecular weight is 183 g/mol. The first-order valence-corrected chi connectivity index (χ1v) is 5.80. The van der Waals surface area contributed by atoms with Crippen molar-refractivity contribution in [2.45, 2.75) is 38.4 Å². The van der Waals surface area contributed by atoms with Gasteiger partial charge in [0.05, 0.1) is 5.25 Å². The van der Waals surface area contributed by atoms with Crippen molar-refractivity contribution in [3.63, 3.8) is 0 Å². The summed E-state index contributed by atoms with van der Waals surface area (Å²) in [7, 11) is 0. The van der Waals surface area contributed by atoms with Crippen LogP contribution in [0.25, 0.3) is 0 Å². The molecular weight excluding hydrogens is 164 g/mol. The molecule has 1 radical (unpaired) electrons. The molecular formula is C11H19S. The van der Waals surface area contributed by atoms with Crippen molar-refractivity contribution in [2.24, 2.45) is 5.92 Å². The summed E-state index contributed by atoms with van der Waals surface area (Å²) in [6.45, 7) is 8.21. The third-order valence-corrected chi connectivity index (χ3v) is 2.63. The van der Waals surface area contributed by atoms with Crippen LogP contribution in [0.3, 0.4) is 0 Å². The van der Waals surface area contributed by atoms with Crippen molar-refractivity contribution in [2.75, 3.05) is 6.26 Å². The lowest BCUT2D eigenvalue weighted by Gasteiger charge is -2.03. The Labute approximate surface area is 81.5 Å². The maximum absolute atomic E-state index is 3.83. The van der Waals surface area contributed by atoms with Crippen molar-refractivity contribution >= 4 is 11.8 Å². The van der Waals surface area contributed by atoms with Crippen LogP contribution in [0.5, 0.6) is 0 Å². The van der Waals surface area contributed by atoms with E-state index in [0.717, 1.165) is 12.8 Å². The Morgan fingerprint density at radius 2 is 2.08 bits per heavy atom. The molecule has 0 aromatic rings. The highest BCUT2D eigenvalue weighted by Gasteiger charge is 1.96. The largest absolute Gasteiger partial charge is 0.149 e. The Morgan fingerprint density at radius 3 is 2.58 bits per heavy atom. The second kappa shape index (κ2) is 7.55. The van der Waals surface area contributed by atoms with Gasteiger partial charge in [0.2, 0.25) is 0 Å². The van der Waals surface area contributed by atoms with E-state index in [-0.39, 0.29) is 0 Å². The molecule has 2 atom stereocenters. The van der Waals surface area contributed by atoms with E-state index in [1.165, 1.54) is 6.42 Å². The Morgan fingerprint density at radius 1 is 1.42 bits per heavy atom. The smallest absolute Gasteiger partial charge is 0.0626 e. The van der Waals surface area contributed by atoms with Crippen LogP contribution in [0.1, 0.15) is 33.1 Å². The molecule has 12 heavy (non-hydrogen) atoms. The van der Waals surface area contributed by atoms with Gasteiger partial charge in [0.15, 0.2) is 0 Å². The minimum Gasteiger partial charge on any atom is -0.149 e. The molecule has 0 spiro atoms. The van der Waals surface area contributed by atoms with Gasteiger partial charge in [-0.05, 0) is 25.5 Å². The predicted octanol–water partition coefficient (Wildman–Crippen LogP) is 3.38. The second-order valence-corrected chi connectivity index (χ2v) is 4.33. The minimum atomic E-state index is 0.483. The fourth-order valence-corrected chi connectivity index (χ4v) is 1.09. The lowest BCUT2D eigenvalue weighted by atomic mass is 10.0. The fraction of sp³-hybridized carbons (Fsp3) is 0.727. The van der Waals surface area contributed by atoms with Crippen LogP contribution < -0.4 is 0 Å². The van der Waals surface area contributed by atoms with Crippen LogP contribution in [-0.2, 0) is 0 Å². The van der Waals surface area contributed by atoms with Crippen molar-refractivity contribution in [1.82, 2.24) is 0 Å². The van der Waals surface area contributed by atoms with Gasteiger partial charge in [-0.15, -0.1) is 17.7 Å². The monoisotopic (exact) mass is 183 g/mol. The first kappa shape index (κ1) is 11.9. The van der Waals surface area contributed by atoms with Crippen molar-refractivity contribution in [1.29, 1.82) is 0 Å². The Balaban J connectivity index is 3.55. The van der Waals surface area contributed by atoms with E-state index in [0.29, 0.717) is 11.2 Å². The fourth-order valence-electron chi connectivity index (χ4n) is 0.886. The molecule has 0 rings (SSSR count). The highest BCUT2D eigenvalue weighted by molar-refractivity contribution is 7.99. The molecule has 0 aromatic carbocycles. The minimum absolute atomic E-state index is 0.483. The highest BCUT2D eigenvalue weighted by Crippen LogP contribution is 2.09. The van der Waals surface area contributed by atoms with Gasteiger partial charge in [-0.2, -0.15) is 0 Å². The molecule has 1 heteroatoms. The molecule has 0 saturated carbocycles. The highest BCUT2D eigenvalue weighted by atomic mass is 32.2. The zero-order chi connectivity index (χ0) is 9.40. The summed E-state index contributed by atoms with van der Waals surface area (Å²) in [5.74, 6) is 7.15. The maximum Gasteiger partial charge on any atom is 0.0626 e. The van der Waals surface area contributed by atoms with E-state index in [2.05, 4.69) is 38.9 Å². The molecule has 0 N–H and O–H groups in total. The molecule has 0 fully saturated rings. The van der Waals surface area contributed by atoms with Crippen molar-refractivity contribution in [3.05, 3.63) is 6.92 Å². The first-order chi connectivity index (χ1) is 5.70. The average Bonchev–Trinajstić information content (AvgIpc) is 2.04. The Bertz CT molecular complexity index is 152. The SMILES string of the molecule is [CH2]CCC(C)CC#CC(C)SC. The number of hydrogen-bond acceptors (Lipinski definition) is 1. The molecule has 69 valence electrons. The molecule has 0 heterocycles. The summed E-state index contributed by atoms with van der Waals surface area (Å²) in [6.07, 6.45) is 5.35. The van der Waals surface area contributed by atoms with E-state index in [1.54, 1.807) is 11.8 Å². The van der Waals surface area contributed by atoms with E-state index in [1.807, 2.05) is 0 Å². The van der Waals surface area contributed by atoms with Crippen molar-refractivity contribution < 1.29 is 0 Å². The lowest BCUT2D eigenvalue weighted by Crippen LogP contribution is -1.93. The molecule has 0 aromatic heterocycles. The van der Waals surface area contributed by atoms with Gasteiger partial charge in [0.1, 0.15) is 0 Å². The summed E-state index contributed by atoms with van der Waals surface area (Å²) < 4.78 is 0. The van der Waals surface area contributed by atoms with Crippen LogP contribution in [0.4, 0.5) is 0 Å². The molecule has 0 aliphatic carbocycles. The van der Waals surface area contributed by atoms with Gasteiger partial charge in [-0.3, -0.25) is 0 Å². The first-order valence-electron chi connectivity index (χ1n) is 4.51. The predicted molar refractivity (Wildman–Crippen MR) is 59.1 cm³/mol. The molecule has 0 bridgehead atoms. The van der Waals surface area contributed by atoms with Gasteiger partial charge in [-0.1, -0.05) is 26.2 Å². The Kier molecular flexibility index (Phi) is 7.50. The van der Waals surface area contributed by atoms with Gasteiger partial charge in [0.25, 0.3) is 0 Å². The zero-order valence-corrected chi connectivity index (χ0v) is 9.21. The normalized spacial score (nSPS) is 14.7. The molecule has 0 aliphatic heterocycles. The van der Waals surface area contributed by atoms with Crippen LogP contribution in [0.2, 0.25) is 0 Å². The molecule has 0 aliphatic rings. The summed E-state index contributed by atoms with van der Waals surface area (Å²) >= 11 is 1.80. The van der Waals surface area contributed by atoms with Crippen LogP contribution >= 0.6 is 11.8 Å². The molecule has 0 saturated heterocycles. The van der Waals surface area contributed by atoms with Crippen molar-refractivity contribution in [3.8, 4) is 11.8 Å². The summed E-state index contributed by atoms with van der Waals surface area (Å²) in [4.78, 5) is 0. The second-order valence-electron chi connectivity index (χ2n) is 3.15. The van der Waals surface area contributed by atoms with Gasteiger partial charge in [0, 0.05) is 6.42 Å². The zero-order valence-electron chi connectivity index (χ0n) is 8.39. The third kappa shape index (κ3) is 6.61. The van der Waals surface area contributed by atoms with Crippen LogP contribution in [0.15, 0.2) is 0 Å². The third-order valence-electron chi connectivity index (χ3n) is 1.81. The molecule has 0 nitrogen and oxygen atoms in total. The Hall–Kier alpha value is -0.0900. The number of thioether (sulfide) groups is 1. The molecule has 2 unspecified atom stereocenters. The molecule has 0 amide bonds. The number of hydrogen-bond donors (Lipinski definition) is 0. The summed E-state index contributed by atoms with van der Waals surface area (Å²) in [6, 6.07) is 0. The maximum atomic E-state index is 3.83. The van der Waals surface area contributed by atoms with Gasteiger partial charge in [-0.25, -0.2) is 0 Å². The quantitative estimate of drug-likeness (QED) is 0.602. The van der Waals surface area contributed by atoms with Gasteiger partial charge >= 0.3 is 0 Å². The van der Waals surface area contributed by atoms with Crippen LogP contribution in [-0.4, -0.2) is 11.5 Å². The van der Waals surface area contributed by atoms with E-state index < -0.39 is 0 Å². The number of rotatable bonds is 4. The summed E-state index contributed by atoms with van der Waals surface area (Å²) in [5, 5.41) is 0.483. The van der Waals surface area contributed by atoms with Crippen LogP contribution in [0, 0.1) is 24.7 Å². The van der Waals surface area contributed by atoms with E-state index in [9.17, 15) is 0 Å². The topological polar surface area (TPSA) is 0 Å². The van der Waals surface area contributed by atoms with E-state index in [4.69, 9.17) is 0 Å². The standard InChI is InChI=1S/C11H19S/c1-5-7-10(2)8-6-9-11(3)12-4/h10-11H,1,5,7-8H2,2-4H3. The van der Waals surface area contributed by atoms with E-state index >= 15 is 0 Å². The lowest BCUT2D eigenvalue weighted by molar-refractivity contribution is 0.553. The van der Waals surface area contributed by atoms with Gasteiger partial charge < -0.3 is 0 Å².